The highest BCUT2D eigenvalue weighted by molar-refractivity contribution is 6.41. The molecule has 6 heteroatoms. The number of allylic oxidation sites excluding steroid dienone is 11. The van der Waals surface area contributed by atoms with Gasteiger partial charge in [-0.05, 0) is 143 Å². The SMILES string of the molecule is CC(C)=CCC/C(C)=C/C[C@H]1CC2(CC=C(C)C)C(=O)/C(=C(/O)c3ccc(O)c(O)c3)C(=O)C(CC=C(C)C)(C2=O)[C@]1(C)CCC=C(C)C. The number of aromatic hydroxyl groups is 2. The summed E-state index contributed by atoms with van der Waals surface area (Å²) in [5.74, 6) is -3.33. The minimum absolute atomic E-state index is 0.0202. The lowest BCUT2D eigenvalue weighted by Gasteiger charge is -2.61. The molecule has 266 valence electrons. The summed E-state index contributed by atoms with van der Waals surface area (Å²) in [6.07, 6.45) is 14.6. The Morgan fingerprint density at radius 2 is 1.33 bits per heavy atom. The first-order chi connectivity index (χ1) is 22.8. The highest BCUT2D eigenvalue weighted by Crippen LogP contribution is 2.67. The van der Waals surface area contributed by atoms with Crippen LogP contribution in [0.2, 0.25) is 0 Å². The molecule has 0 aliphatic heterocycles. The minimum Gasteiger partial charge on any atom is -0.506 e. The lowest BCUT2D eigenvalue weighted by Crippen LogP contribution is -2.70. The Kier molecular flexibility index (Phi) is 12.7. The Bertz CT molecular complexity index is 1650. The van der Waals surface area contributed by atoms with Crippen LogP contribution in [0.5, 0.6) is 11.5 Å². The van der Waals surface area contributed by atoms with Crippen LogP contribution in [0.3, 0.4) is 0 Å². The third-order valence-corrected chi connectivity index (χ3v) is 10.8. The van der Waals surface area contributed by atoms with E-state index in [0.717, 1.165) is 35.6 Å². The number of Topliss-reactive ketones (excluding diaryl/α,β-unsaturated/α-hetero) is 3. The lowest BCUT2D eigenvalue weighted by atomic mass is 9.37. The number of hydrogen-bond acceptors (Lipinski definition) is 6. The number of fused-ring (bicyclic) bond motifs is 2. The van der Waals surface area contributed by atoms with E-state index in [9.17, 15) is 20.1 Å². The first-order valence-corrected chi connectivity index (χ1v) is 17.6. The van der Waals surface area contributed by atoms with Crippen LogP contribution in [0.25, 0.3) is 5.76 Å². The zero-order valence-corrected chi connectivity index (χ0v) is 31.4. The highest BCUT2D eigenvalue weighted by Gasteiger charge is 2.74. The van der Waals surface area contributed by atoms with Crippen LogP contribution in [0, 0.1) is 22.2 Å². The Balaban J connectivity index is 2.44. The van der Waals surface area contributed by atoms with Crippen molar-refractivity contribution in [3.05, 3.63) is 87.6 Å². The zero-order chi connectivity index (χ0) is 36.9. The third kappa shape index (κ3) is 7.95. The molecule has 2 aliphatic carbocycles. The van der Waals surface area contributed by atoms with Crippen LogP contribution in [0.1, 0.15) is 126 Å². The number of benzene rings is 1. The molecule has 0 radical (unpaired) electrons. The molecule has 2 fully saturated rings. The van der Waals surface area contributed by atoms with Gasteiger partial charge in [0, 0.05) is 5.56 Å². The summed E-state index contributed by atoms with van der Waals surface area (Å²) in [6.45, 7) is 20.1. The van der Waals surface area contributed by atoms with Crippen molar-refractivity contribution in [2.24, 2.45) is 22.2 Å². The van der Waals surface area contributed by atoms with Gasteiger partial charge in [0.2, 0.25) is 0 Å². The van der Waals surface area contributed by atoms with Crippen molar-refractivity contribution < 1.29 is 29.7 Å². The standard InChI is InChI=1S/C43H58O6/c1-27(2)13-11-15-31(9)16-18-33-26-42(23-20-29(5)6)38(47)36(37(46)32-17-19-34(44)35(45)25-32)39(48)43(40(42)49,24-21-30(7)8)41(33,10)22-12-14-28(3)4/h13-14,16-17,19-21,25,33,44-46H,11-12,15,18,22-24,26H2,1-10H3/b31-16+,37-36-/t33-,41+,42?,43?/m0/s1. The van der Waals surface area contributed by atoms with Crippen molar-refractivity contribution in [1.82, 2.24) is 0 Å². The fourth-order valence-corrected chi connectivity index (χ4v) is 7.78. The quantitative estimate of drug-likeness (QED) is 0.0481. The van der Waals surface area contributed by atoms with Crippen LogP contribution in [0.4, 0.5) is 0 Å². The number of phenols is 2. The summed E-state index contributed by atoms with van der Waals surface area (Å²) in [7, 11) is 0. The molecule has 0 spiro atoms. The molecule has 2 saturated carbocycles. The summed E-state index contributed by atoms with van der Waals surface area (Å²) in [4.78, 5) is 45.6. The van der Waals surface area contributed by atoms with E-state index in [0.29, 0.717) is 19.3 Å². The predicted octanol–water partition coefficient (Wildman–Crippen LogP) is 10.6. The van der Waals surface area contributed by atoms with Crippen molar-refractivity contribution in [3.63, 3.8) is 0 Å². The van der Waals surface area contributed by atoms with Gasteiger partial charge in [0.1, 0.15) is 16.7 Å². The van der Waals surface area contributed by atoms with Gasteiger partial charge < -0.3 is 15.3 Å². The van der Waals surface area contributed by atoms with Gasteiger partial charge >= 0.3 is 0 Å². The van der Waals surface area contributed by atoms with Crippen LogP contribution in [-0.4, -0.2) is 32.7 Å². The van der Waals surface area contributed by atoms with Gasteiger partial charge in [0.25, 0.3) is 0 Å². The number of aliphatic hydroxyl groups is 1. The van der Waals surface area contributed by atoms with Crippen molar-refractivity contribution in [3.8, 4) is 11.5 Å². The smallest absolute Gasteiger partial charge is 0.184 e. The number of carbonyl (C=O) groups is 3. The molecule has 0 aromatic heterocycles. The third-order valence-electron chi connectivity index (χ3n) is 10.8. The average Bonchev–Trinajstić information content (AvgIpc) is 3.00. The summed E-state index contributed by atoms with van der Waals surface area (Å²) in [5, 5.41) is 32.0. The molecular weight excluding hydrogens is 612 g/mol. The summed E-state index contributed by atoms with van der Waals surface area (Å²) in [6, 6.07) is 3.69. The Hall–Kier alpha value is -3.93. The first-order valence-electron chi connectivity index (χ1n) is 17.6. The molecular formula is C43H58O6. The number of carbonyl (C=O) groups excluding carboxylic acids is 3. The minimum atomic E-state index is -1.63. The Morgan fingerprint density at radius 1 is 0.755 bits per heavy atom. The van der Waals surface area contributed by atoms with E-state index in [1.54, 1.807) is 0 Å². The van der Waals surface area contributed by atoms with Crippen LogP contribution in [0.15, 0.2) is 82.0 Å². The van der Waals surface area contributed by atoms with Crippen LogP contribution in [-0.2, 0) is 14.4 Å². The maximum atomic E-state index is 15.4. The molecule has 2 bridgehead atoms. The Morgan fingerprint density at radius 3 is 1.90 bits per heavy atom. The molecule has 0 heterocycles. The number of aliphatic hydroxyl groups excluding tert-OH is 1. The van der Waals surface area contributed by atoms with Gasteiger partial charge in [-0.1, -0.05) is 65.2 Å². The average molecular weight is 671 g/mol. The monoisotopic (exact) mass is 670 g/mol. The molecule has 3 rings (SSSR count). The fraction of sp³-hybridized carbons (Fsp3) is 0.512. The second-order valence-corrected chi connectivity index (χ2v) is 15.6. The first kappa shape index (κ1) is 39.5. The van der Waals surface area contributed by atoms with E-state index in [1.165, 1.54) is 23.3 Å². The van der Waals surface area contributed by atoms with Gasteiger partial charge in [-0.15, -0.1) is 0 Å². The van der Waals surface area contributed by atoms with E-state index in [2.05, 4.69) is 45.9 Å². The molecule has 1 aromatic carbocycles. The topological polar surface area (TPSA) is 112 Å². The van der Waals surface area contributed by atoms with Crippen molar-refractivity contribution in [2.75, 3.05) is 0 Å². The number of rotatable bonds is 13. The van der Waals surface area contributed by atoms with Gasteiger partial charge in [-0.2, -0.15) is 0 Å². The van der Waals surface area contributed by atoms with Gasteiger partial charge in [0.05, 0.1) is 5.41 Å². The molecule has 2 aliphatic rings. The number of hydrogen-bond donors (Lipinski definition) is 3. The van der Waals surface area contributed by atoms with Crippen molar-refractivity contribution in [1.29, 1.82) is 0 Å². The lowest BCUT2D eigenvalue weighted by molar-refractivity contribution is -0.178. The molecule has 0 amide bonds. The second kappa shape index (κ2) is 15.7. The molecule has 4 atom stereocenters. The molecule has 6 nitrogen and oxygen atoms in total. The van der Waals surface area contributed by atoms with E-state index < -0.39 is 50.6 Å². The molecule has 2 unspecified atom stereocenters. The van der Waals surface area contributed by atoms with E-state index >= 15 is 9.59 Å². The van der Waals surface area contributed by atoms with Gasteiger partial charge in [0.15, 0.2) is 28.8 Å². The summed E-state index contributed by atoms with van der Waals surface area (Å²) >= 11 is 0. The van der Waals surface area contributed by atoms with Crippen molar-refractivity contribution in [2.45, 2.75) is 121 Å². The fourth-order valence-electron chi connectivity index (χ4n) is 7.78. The molecule has 1 aromatic rings. The molecule has 49 heavy (non-hydrogen) atoms. The number of phenolic OH excluding ortho intramolecular Hbond substituents is 2. The largest absolute Gasteiger partial charge is 0.506 e. The van der Waals surface area contributed by atoms with E-state index in [1.807, 2.05) is 53.7 Å². The second-order valence-electron chi connectivity index (χ2n) is 15.6. The van der Waals surface area contributed by atoms with Crippen LogP contribution >= 0.6 is 0 Å². The number of ketones is 3. The van der Waals surface area contributed by atoms with E-state index in [-0.39, 0.29) is 36.5 Å². The zero-order valence-electron chi connectivity index (χ0n) is 31.4. The Labute approximate surface area is 294 Å². The van der Waals surface area contributed by atoms with Gasteiger partial charge in [-0.3, -0.25) is 14.4 Å². The maximum Gasteiger partial charge on any atom is 0.184 e. The summed E-state index contributed by atoms with van der Waals surface area (Å²) in [5.41, 5.74) is 1.11. The van der Waals surface area contributed by atoms with Crippen molar-refractivity contribution >= 4 is 23.1 Å². The highest BCUT2D eigenvalue weighted by atomic mass is 16.3. The summed E-state index contributed by atoms with van der Waals surface area (Å²) < 4.78 is 0. The van der Waals surface area contributed by atoms with Gasteiger partial charge in [-0.25, -0.2) is 0 Å². The molecule has 0 saturated heterocycles. The van der Waals surface area contributed by atoms with E-state index in [4.69, 9.17) is 0 Å². The predicted molar refractivity (Wildman–Crippen MR) is 199 cm³/mol. The van der Waals surface area contributed by atoms with Crippen LogP contribution < -0.4 is 0 Å². The molecule has 3 N–H and O–H groups in total. The normalized spacial score (nSPS) is 26.2. The maximum absolute atomic E-state index is 15.4.